The number of nitrogens with one attached hydrogen (secondary N) is 1. The molecule has 0 saturated carbocycles. The van der Waals surface area contributed by atoms with Gasteiger partial charge in [0.15, 0.2) is 0 Å². The maximum absolute atomic E-state index is 12.8. The second kappa shape index (κ2) is 8.26. The molecule has 0 bridgehead atoms. The van der Waals surface area contributed by atoms with E-state index in [0.717, 1.165) is 30.6 Å². The summed E-state index contributed by atoms with van der Waals surface area (Å²) >= 11 is 7.99. The molecular formula is C15H19ClN2O4S4. The third-order valence-corrected chi connectivity index (χ3v) is 10.7. The van der Waals surface area contributed by atoms with Gasteiger partial charge >= 0.3 is 0 Å². The summed E-state index contributed by atoms with van der Waals surface area (Å²) in [7, 11) is -7.14. The van der Waals surface area contributed by atoms with E-state index in [1.54, 1.807) is 17.5 Å². The Labute approximate surface area is 166 Å². The van der Waals surface area contributed by atoms with E-state index in [1.807, 2.05) is 0 Å². The summed E-state index contributed by atoms with van der Waals surface area (Å²) in [5, 5.41) is 1.74. The Morgan fingerprint density at radius 3 is 2.62 bits per heavy atom. The van der Waals surface area contributed by atoms with Crippen LogP contribution in [0.25, 0.3) is 0 Å². The first kappa shape index (κ1) is 20.2. The molecule has 6 nitrogen and oxygen atoms in total. The van der Waals surface area contributed by atoms with Crippen LogP contribution in [0.15, 0.2) is 38.1 Å². The van der Waals surface area contributed by atoms with Crippen molar-refractivity contribution in [3.63, 3.8) is 0 Å². The van der Waals surface area contributed by atoms with Crippen LogP contribution in [0.4, 0.5) is 0 Å². The van der Waals surface area contributed by atoms with Crippen molar-refractivity contribution >= 4 is 54.3 Å². The predicted molar refractivity (Wildman–Crippen MR) is 105 cm³/mol. The van der Waals surface area contributed by atoms with E-state index < -0.39 is 20.0 Å². The highest BCUT2D eigenvalue weighted by Gasteiger charge is 2.34. The Morgan fingerprint density at radius 2 is 1.96 bits per heavy atom. The fourth-order valence-electron chi connectivity index (χ4n) is 2.98. The highest BCUT2D eigenvalue weighted by Crippen LogP contribution is 2.29. The summed E-state index contributed by atoms with van der Waals surface area (Å²) < 4.78 is 55.2. The van der Waals surface area contributed by atoms with Gasteiger partial charge in [0, 0.05) is 19.1 Å². The molecule has 1 saturated heterocycles. The summed E-state index contributed by atoms with van der Waals surface area (Å²) in [5.74, 6) is 0. The summed E-state index contributed by atoms with van der Waals surface area (Å²) in [6, 6.07) is 6.12. The number of thiophene rings is 2. The molecule has 2 aromatic heterocycles. The van der Waals surface area contributed by atoms with Gasteiger partial charge in [0.1, 0.15) is 8.42 Å². The van der Waals surface area contributed by atoms with E-state index in [4.69, 9.17) is 11.6 Å². The SMILES string of the molecule is O=S(=O)(NCCC1CCCCN1S(=O)(=O)c1cccs1)c1ccc(Cl)s1. The van der Waals surface area contributed by atoms with Crippen LogP contribution in [0.5, 0.6) is 0 Å². The third-order valence-electron chi connectivity index (χ3n) is 4.21. The number of halogens is 1. The van der Waals surface area contributed by atoms with Crippen LogP contribution in [0, 0.1) is 0 Å². The van der Waals surface area contributed by atoms with Gasteiger partial charge < -0.3 is 0 Å². The van der Waals surface area contributed by atoms with Crippen molar-refractivity contribution in [2.24, 2.45) is 0 Å². The minimum atomic E-state index is -3.62. The minimum absolute atomic E-state index is 0.161. The van der Waals surface area contributed by atoms with Gasteiger partial charge in [0.25, 0.3) is 10.0 Å². The Balaban J connectivity index is 1.66. The minimum Gasteiger partial charge on any atom is -0.210 e. The Morgan fingerprint density at radius 1 is 1.15 bits per heavy atom. The van der Waals surface area contributed by atoms with Crippen molar-refractivity contribution < 1.29 is 16.8 Å². The maximum atomic E-state index is 12.8. The van der Waals surface area contributed by atoms with Crippen LogP contribution in [-0.4, -0.2) is 40.3 Å². The van der Waals surface area contributed by atoms with Gasteiger partial charge in [-0.15, -0.1) is 22.7 Å². The average molecular weight is 455 g/mol. The molecule has 26 heavy (non-hydrogen) atoms. The van der Waals surface area contributed by atoms with Crippen LogP contribution in [0.3, 0.4) is 0 Å². The predicted octanol–water partition coefficient (Wildman–Crippen LogP) is 3.37. The second-order valence-electron chi connectivity index (χ2n) is 5.94. The quantitative estimate of drug-likeness (QED) is 0.695. The van der Waals surface area contributed by atoms with Crippen molar-refractivity contribution in [3.8, 4) is 0 Å². The summed E-state index contributed by atoms with van der Waals surface area (Å²) in [5.41, 5.74) is 0. The van der Waals surface area contributed by atoms with Crippen LogP contribution < -0.4 is 4.72 Å². The highest BCUT2D eigenvalue weighted by molar-refractivity contribution is 7.91. The Hall–Kier alpha value is -0.490. The van der Waals surface area contributed by atoms with E-state index in [9.17, 15) is 16.8 Å². The van der Waals surface area contributed by atoms with Crippen LogP contribution in [-0.2, 0) is 20.0 Å². The molecule has 1 atom stereocenters. The topological polar surface area (TPSA) is 83.6 Å². The summed E-state index contributed by atoms with van der Waals surface area (Å²) in [6.07, 6.45) is 2.93. The first-order valence-corrected chi connectivity index (χ1v) is 13.1. The lowest BCUT2D eigenvalue weighted by molar-refractivity contribution is 0.242. The second-order valence-corrected chi connectivity index (χ2v) is 12.7. The summed E-state index contributed by atoms with van der Waals surface area (Å²) in [6.45, 7) is 0.650. The molecule has 1 fully saturated rings. The molecule has 0 radical (unpaired) electrons. The molecule has 144 valence electrons. The van der Waals surface area contributed by atoms with Crippen LogP contribution in [0.1, 0.15) is 25.7 Å². The zero-order valence-corrected chi connectivity index (χ0v) is 17.8. The number of nitrogens with zero attached hydrogens (tertiary/aromatic N) is 1. The first-order chi connectivity index (χ1) is 12.3. The van der Waals surface area contributed by atoms with E-state index in [0.29, 0.717) is 21.5 Å². The molecule has 2 aromatic rings. The van der Waals surface area contributed by atoms with E-state index in [-0.39, 0.29) is 16.8 Å². The van der Waals surface area contributed by atoms with Gasteiger partial charge in [0.2, 0.25) is 10.0 Å². The van der Waals surface area contributed by atoms with Crippen LogP contribution >= 0.6 is 34.3 Å². The number of hydrogen-bond donors (Lipinski definition) is 1. The van der Waals surface area contributed by atoms with Gasteiger partial charge in [-0.3, -0.25) is 0 Å². The number of hydrogen-bond acceptors (Lipinski definition) is 6. The highest BCUT2D eigenvalue weighted by atomic mass is 35.5. The van der Waals surface area contributed by atoms with Crippen molar-refractivity contribution in [2.45, 2.75) is 40.1 Å². The van der Waals surface area contributed by atoms with Gasteiger partial charge in [-0.05, 0) is 42.8 Å². The van der Waals surface area contributed by atoms with Crippen LogP contribution in [0.2, 0.25) is 4.34 Å². The fraction of sp³-hybridized carbons (Fsp3) is 0.467. The van der Waals surface area contributed by atoms with Crippen molar-refractivity contribution in [1.29, 1.82) is 0 Å². The van der Waals surface area contributed by atoms with Gasteiger partial charge in [-0.25, -0.2) is 21.6 Å². The molecule has 1 aliphatic heterocycles. The van der Waals surface area contributed by atoms with E-state index in [1.165, 1.54) is 27.8 Å². The lowest BCUT2D eigenvalue weighted by Gasteiger charge is -2.34. The molecule has 11 heteroatoms. The maximum Gasteiger partial charge on any atom is 0.252 e. The molecule has 3 heterocycles. The van der Waals surface area contributed by atoms with Gasteiger partial charge in [-0.2, -0.15) is 4.31 Å². The zero-order valence-electron chi connectivity index (χ0n) is 13.8. The lowest BCUT2D eigenvalue weighted by Crippen LogP contribution is -2.44. The van der Waals surface area contributed by atoms with Crippen molar-refractivity contribution in [3.05, 3.63) is 34.0 Å². The smallest absolute Gasteiger partial charge is 0.210 e. The third kappa shape index (κ3) is 4.49. The Kier molecular flexibility index (Phi) is 6.43. The molecule has 3 rings (SSSR count). The lowest BCUT2D eigenvalue weighted by atomic mass is 10.0. The number of sulfonamides is 2. The largest absolute Gasteiger partial charge is 0.252 e. The van der Waals surface area contributed by atoms with E-state index >= 15 is 0 Å². The molecule has 1 aliphatic rings. The summed E-state index contributed by atoms with van der Waals surface area (Å²) in [4.78, 5) is 0. The van der Waals surface area contributed by atoms with E-state index in [2.05, 4.69) is 4.72 Å². The fourth-order valence-corrected chi connectivity index (χ4v) is 8.40. The number of piperidine rings is 1. The molecular weight excluding hydrogens is 436 g/mol. The molecule has 1 unspecified atom stereocenters. The standard InChI is InChI=1S/C15H19ClN2O4S4/c16-13-6-7-15(24-13)25(19,20)17-9-8-12-4-1-2-10-18(12)26(21,22)14-5-3-11-23-14/h3,5-7,11-12,17H,1-2,4,8-10H2. The zero-order chi connectivity index (χ0) is 18.8. The van der Waals surface area contributed by atoms with Crippen molar-refractivity contribution in [2.75, 3.05) is 13.1 Å². The normalized spacial score (nSPS) is 19.7. The molecule has 1 N–H and O–H groups in total. The molecule has 0 aromatic carbocycles. The molecule has 0 amide bonds. The first-order valence-electron chi connectivity index (χ1n) is 8.11. The van der Waals surface area contributed by atoms with Crippen molar-refractivity contribution in [1.82, 2.24) is 9.03 Å². The Bertz CT molecular complexity index is 938. The molecule has 0 aliphatic carbocycles. The van der Waals surface area contributed by atoms with Gasteiger partial charge in [0.05, 0.1) is 4.34 Å². The van der Waals surface area contributed by atoms with Gasteiger partial charge in [-0.1, -0.05) is 24.1 Å². The average Bonchev–Trinajstić information content (AvgIpc) is 3.27. The number of rotatable bonds is 7. The monoisotopic (exact) mass is 454 g/mol. The molecule has 0 spiro atoms.